The molecule has 0 saturated carbocycles. The van der Waals surface area contributed by atoms with Gasteiger partial charge in [0.25, 0.3) is 0 Å². The molecule has 2 aromatic rings. The molecule has 0 atom stereocenters. The van der Waals surface area contributed by atoms with E-state index in [4.69, 9.17) is 6.85 Å². The number of allylic oxidation sites excluding steroid dienone is 4. The number of para-hydroxylation sites is 1. The average Bonchev–Trinajstić information content (AvgIpc) is 3.19. The molecule has 2 rings (SSSR count). The summed E-state index contributed by atoms with van der Waals surface area (Å²) in [7, 11) is 3.82. The maximum absolute atomic E-state index is 13.2. The number of hydrogen-bond acceptors (Lipinski definition) is 2. The minimum Gasteiger partial charge on any atom is -0.309 e. The van der Waals surface area contributed by atoms with Gasteiger partial charge in [-0.25, -0.2) is 0 Å². The summed E-state index contributed by atoms with van der Waals surface area (Å²) in [5, 5.41) is 0.302. The van der Waals surface area contributed by atoms with Crippen LogP contribution in [-0.4, -0.2) is 36.0 Å². The number of unbranched alkanes of at least 4 members (excludes halogenated alkanes) is 8. The Hall–Kier alpha value is -2.13. The maximum atomic E-state index is 13.2. The highest BCUT2D eigenvalue weighted by Crippen LogP contribution is 2.23. The molecule has 1 aromatic heterocycles. The van der Waals surface area contributed by atoms with Gasteiger partial charge in [-0.1, -0.05) is 81.5 Å². The minimum absolute atomic E-state index is 0.0126. The molecule has 0 radical (unpaired) electrons. The van der Waals surface area contributed by atoms with Gasteiger partial charge in [-0.15, -0.1) is 0 Å². The van der Waals surface area contributed by atoms with Gasteiger partial charge in [0.1, 0.15) is 0 Å². The van der Waals surface area contributed by atoms with Crippen LogP contribution in [-0.2, 0) is 6.42 Å². The van der Waals surface area contributed by atoms with Crippen LogP contribution in [0.5, 0.6) is 0 Å². The fourth-order valence-corrected chi connectivity index (χ4v) is 3.84. The normalized spacial score (nSPS) is 14.2. The molecule has 1 heterocycles. The third-order valence-corrected chi connectivity index (χ3v) is 5.84. The van der Waals surface area contributed by atoms with E-state index in [-0.39, 0.29) is 48.2 Å². The molecule has 0 N–H and O–H groups in total. The number of likely N-dealkylation sites (N-methyl/N-ethyl adjacent to an activating group) is 1. The van der Waals surface area contributed by atoms with Crippen LogP contribution in [0.25, 0.3) is 10.9 Å². The van der Waals surface area contributed by atoms with Crippen molar-refractivity contribution in [3.05, 3.63) is 60.2 Å². The zero-order chi connectivity index (χ0) is 28.1. The molecular formula is C30H46N2O. The lowest BCUT2D eigenvalue weighted by molar-refractivity contribution is 0.0904. The highest BCUT2D eigenvalue weighted by atomic mass is 16.2. The van der Waals surface area contributed by atoms with Gasteiger partial charge in [0, 0.05) is 24.5 Å². The lowest BCUT2D eigenvalue weighted by Gasteiger charge is -2.07. The van der Waals surface area contributed by atoms with Crippen molar-refractivity contribution in [2.45, 2.75) is 90.4 Å². The van der Waals surface area contributed by atoms with E-state index in [1.807, 2.05) is 19.0 Å². The molecule has 182 valence electrons. The number of carbonyl (C=O) groups excluding carboxylic acids is 1. The standard InChI is InChI=1S/C30H46N2O/c1-4-5-6-7-8-9-10-11-12-13-14-15-16-17-18-23-30(33)32-26-27(24-25-31(2)3)28-21-19-20-22-29(28)32/h8-9,11-12,19-22,26H,4-7,10,13-18,23-25H2,1-3H3/b9-8-,12-11-/i19D,20D,21D,22D,26D. The van der Waals surface area contributed by atoms with Gasteiger partial charge >= 0.3 is 0 Å². The van der Waals surface area contributed by atoms with Crippen molar-refractivity contribution >= 4 is 16.8 Å². The summed E-state index contributed by atoms with van der Waals surface area (Å²) in [5.74, 6) is -0.271. The average molecular weight is 456 g/mol. The van der Waals surface area contributed by atoms with Gasteiger partial charge in [-0.2, -0.15) is 0 Å². The number of aromatic nitrogens is 1. The van der Waals surface area contributed by atoms with Crippen LogP contribution in [0.15, 0.2) is 54.6 Å². The zero-order valence-electron chi connectivity index (χ0n) is 26.0. The molecular weight excluding hydrogens is 404 g/mol. The van der Waals surface area contributed by atoms with Gasteiger partial charge in [0.2, 0.25) is 5.91 Å². The van der Waals surface area contributed by atoms with Crippen LogP contribution in [0.3, 0.4) is 0 Å². The molecule has 0 unspecified atom stereocenters. The molecule has 33 heavy (non-hydrogen) atoms. The van der Waals surface area contributed by atoms with Crippen LogP contribution in [0.2, 0.25) is 0 Å². The van der Waals surface area contributed by atoms with Crippen molar-refractivity contribution < 1.29 is 11.6 Å². The summed E-state index contributed by atoms with van der Waals surface area (Å²) in [6.45, 7) is 2.84. The topological polar surface area (TPSA) is 25.2 Å². The van der Waals surface area contributed by atoms with E-state index in [1.165, 1.54) is 30.3 Å². The van der Waals surface area contributed by atoms with Crippen molar-refractivity contribution in [3.63, 3.8) is 0 Å². The van der Waals surface area contributed by atoms with Crippen LogP contribution in [0.4, 0.5) is 0 Å². The van der Waals surface area contributed by atoms with Crippen molar-refractivity contribution in [3.8, 4) is 0 Å². The Morgan fingerprint density at radius 1 is 0.939 bits per heavy atom. The van der Waals surface area contributed by atoms with Gasteiger partial charge in [0.15, 0.2) is 0 Å². The summed E-state index contributed by atoms with van der Waals surface area (Å²) in [5.41, 5.74) is 0.649. The molecule has 1 aromatic carbocycles. The van der Waals surface area contributed by atoms with Crippen molar-refractivity contribution in [1.82, 2.24) is 9.47 Å². The lowest BCUT2D eigenvalue weighted by atomic mass is 10.1. The van der Waals surface area contributed by atoms with E-state index in [9.17, 15) is 4.79 Å². The predicted molar refractivity (Wildman–Crippen MR) is 144 cm³/mol. The summed E-state index contributed by atoms with van der Waals surface area (Å²) in [6, 6.07) is -1.12. The SMILES string of the molecule is [2H]c1c([2H])c([2H])c2c(c1[2H])c(CCN(C)C)c([2H])n2C(=O)CCCCCCC/C=C\C/C=C\CCCCC. The van der Waals surface area contributed by atoms with Crippen molar-refractivity contribution in [1.29, 1.82) is 0 Å². The Balaban J connectivity index is 1.88. The fraction of sp³-hybridized carbons (Fsp3) is 0.567. The highest BCUT2D eigenvalue weighted by molar-refractivity contribution is 5.94. The highest BCUT2D eigenvalue weighted by Gasteiger charge is 2.13. The second-order valence-corrected chi connectivity index (χ2v) is 9.08. The maximum Gasteiger partial charge on any atom is 0.231 e. The smallest absolute Gasteiger partial charge is 0.231 e. The number of hydrogen-bond donors (Lipinski definition) is 0. The molecule has 0 spiro atoms. The number of rotatable bonds is 17. The van der Waals surface area contributed by atoms with Gasteiger partial charge in [0.05, 0.1) is 12.4 Å². The fourth-order valence-electron chi connectivity index (χ4n) is 3.84. The third-order valence-electron chi connectivity index (χ3n) is 5.84. The van der Waals surface area contributed by atoms with Crippen LogP contribution in [0, 0.1) is 0 Å². The predicted octanol–water partition coefficient (Wildman–Crippen LogP) is 8.20. The minimum atomic E-state index is -0.370. The van der Waals surface area contributed by atoms with Gasteiger partial charge in [-0.3, -0.25) is 9.36 Å². The summed E-state index contributed by atoms with van der Waals surface area (Å²) < 4.78 is 42.9. The first-order valence-electron chi connectivity index (χ1n) is 15.3. The molecule has 3 heteroatoms. The van der Waals surface area contributed by atoms with E-state index in [1.54, 1.807) is 0 Å². The van der Waals surface area contributed by atoms with Gasteiger partial charge in [-0.05, 0) is 70.6 Å². The summed E-state index contributed by atoms with van der Waals surface area (Å²) in [4.78, 5) is 15.1. The van der Waals surface area contributed by atoms with Crippen LogP contribution in [0.1, 0.15) is 101 Å². The molecule has 3 nitrogen and oxygen atoms in total. The molecule has 0 saturated heterocycles. The Labute approximate surface area is 209 Å². The van der Waals surface area contributed by atoms with E-state index in [2.05, 4.69) is 31.2 Å². The zero-order valence-corrected chi connectivity index (χ0v) is 21.0. The Morgan fingerprint density at radius 2 is 1.61 bits per heavy atom. The molecule has 0 fully saturated rings. The van der Waals surface area contributed by atoms with Crippen molar-refractivity contribution in [2.24, 2.45) is 0 Å². The quantitative estimate of drug-likeness (QED) is 0.177. The molecule has 0 aliphatic heterocycles. The molecule has 0 amide bonds. The van der Waals surface area contributed by atoms with Crippen molar-refractivity contribution in [2.75, 3.05) is 20.6 Å². The van der Waals surface area contributed by atoms with E-state index in [0.717, 1.165) is 38.5 Å². The number of benzene rings is 1. The number of nitrogens with zero attached hydrogens (tertiary/aromatic N) is 2. The van der Waals surface area contributed by atoms with E-state index < -0.39 is 0 Å². The lowest BCUT2D eigenvalue weighted by Crippen LogP contribution is -2.15. The Morgan fingerprint density at radius 3 is 2.33 bits per heavy atom. The first kappa shape index (κ1) is 20.3. The monoisotopic (exact) mass is 455 g/mol. The Bertz CT molecular complexity index is 1100. The third kappa shape index (κ3) is 10.6. The largest absolute Gasteiger partial charge is 0.309 e. The van der Waals surface area contributed by atoms with E-state index in [0.29, 0.717) is 30.3 Å². The van der Waals surface area contributed by atoms with Gasteiger partial charge < -0.3 is 4.90 Å². The molecule has 0 aliphatic rings. The number of carbonyl (C=O) groups is 1. The van der Waals surface area contributed by atoms with Crippen LogP contribution >= 0.6 is 0 Å². The Kier molecular flexibility index (Phi) is 10.1. The second-order valence-electron chi connectivity index (χ2n) is 9.08. The van der Waals surface area contributed by atoms with Crippen LogP contribution < -0.4 is 0 Å². The first-order valence-corrected chi connectivity index (χ1v) is 12.8. The van der Waals surface area contributed by atoms with E-state index >= 15 is 0 Å². The number of fused-ring (bicyclic) bond motifs is 1. The summed E-state index contributed by atoms with van der Waals surface area (Å²) in [6.07, 6.45) is 21.7. The molecule has 0 bridgehead atoms. The molecule has 0 aliphatic carbocycles. The first-order chi connectivity index (χ1) is 18.2. The second kappa shape index (κ2) is 16.5. The summed E-state index contributed by atoms with van der Waals surface area (Å²) >= 11 is 0.